The van der Waals surface area contributed by atoms with Crippen molar-refractivity contribution in [3.63, 3.8) is 0 Å². The van der Waals surface area contributed by atoms with Crippen LogP contribution in [-0.4, -0.2) is 6.54 Å². The summed E-state index contributed by atoms with van der Waals surface area (Å²) in [5.74, 6) is 0. The highest BCUT2D eigenvalue weighted by Crippen LogP contribution is 2.26. The molecule has 0 N–H and O–H groups in total. The van der Waals surface area contributed by atoms with E-state index in [4.69, 9.17) is 0 Å². The van der Waals surface area contributed by atoms with E-state index < -0.39 is 0 Å². The predicted molar refractivity (Wildman–Crippen MR) is 81.7 cm³/mol. The second-order valence-corrected chi connectivity index (χ2v) is 4.67. The van der Waals surface area contributed by atoms with E-state index in [1.54, 1.807) is 0 Å². The van der Waals surface area contributed by atoms with E-state index in [0.29, 0.717) is 0 Å². The summed E-state index contributed by atoms with van der Waals surface area (Å²) in [7, 11) is 0. The molecule has 94 valence electrons. The number of allylic oxidation sites excluding steroid dienone is 2. The number of hydrogen-bond donors (Lipinski definition) is 0. The molecule has 0 bridgehead atoms. The molecule has 1 aliphatic carbocycles. The molecule has 1 aliphatic rings. The van der Waals surface area contributed by atoms with Crippen molar-refractivity contribution in [2.45, 2.75) is 6.42 Å². The van der Waals surface area contributed by atoms with E-state index in [1.165, 1.54) is 16.9 Å². The Morgan fingerprint density at radius 2 is 1.37 bits per heavy atom. The zero-order chi connectivity index (χ0) is 12.9. The van der Waals surface area contributed by atoms with Crippen LogP contribution >= 0.6 is 0 Å². The van der Waals surface area contributed by atoms with Crippen LogP contribution in [0.25, 0.3) is 0 Å². The molecule has 0 aromatic heterocycles. The number of para-hydroxylation sites is 2. The Morgan fingerprint density at radius 3 is 1.84 bits per heavy atom. The third-order valence-corrected chi connectivity index (χ3v) is 3.32. The van der Waals surface area contributed by atoms with Gasteiger partial charge in [-0.25, -0.2) is 0 Å². The van der Waals surface area contributed by atoms with Gasteiger partial charge in [-0.1, -0.05) is 54.6 Å². The van der Waals surface area contributed by atoms with E-state index >= 15 is 0 Å². The molecule has 19 heavy (non-hydrogen) atoms. The van der Waals surface area contributed by atoms with Gasteiger partial charge in [0.25, 0.3) is 0 Å². The van der Waals surface area contributed by atoms with Gasteiger partial charge in [-0.05, 0) is 36.3 Å². The molecule has 0 radical (unpaired) electrons. The topological polar surface area (TPSA) is 3.24 Å². The lowest BCUT2D eigenvalue weighted by Crippen LogP contribution is -2.19. The number of hydrogen-bond acceptors (Lipinski definition) is 1. The molecule has 0 fully saturated rings. The highest BCUT2D eigenvalue weighted by Gasteiger charge is 2.10. The largest absolute Gasteiger partial charge is 0.337 e. The fourth-order valence-corrected chi connectivity index (χ4v) is 2.35. The maximum atomic E-state index is 2.35. The Bertz CT molecular complexity index is 542. The SMILES string of the molecule is C1=CC(CN(c2ccccc2)c2ccccc2)=CC1. The maximum Gasteiger partial charge on any atom is 0.0478 e. The Hall–Kier alpha value is -2.28. The van der Waals surface area contributed by atoms with E-state index in [0.717, 1.165) is 13.0 Å². The summed E-state index contributed by atoms with van der Waals surface area (Å²) in [6.07, 6.45) is 7.79. The lowest BCUT2D eigenvalue weighted by atomic mass is 10.2. The highest BCUT2D eigenvalue weighted by atomic mass is 15.1. The van der Waals surface area contributed by atoms with Crippen LogP contribution in [0.2, 0.25) is 0 Å². The lowest BCUT2D eigenvalue weighted by Gasteiger charge is -2.25. The maximum absolute atomic E-state index is 2.35. The molecular weight excluding hydrogens is 230 g/mol. The van der Waals surface area contributed by atoms with Crippen molar-refractivity contribution in [3.8, 4) is 0 Å². The molecule has 0 saturated heterocycles. The van der Waals surface area contributed by atoms with Crippen molar-refractivity contribution in [2.24, 2.45) is 0 Å². The molecule has 0 atom stereocenters. The van der Waals surface area contributed by atoms with Crippen LogP contribution in [0.15, 0.2) is 84.5 Å². The monoisotopic (exact) mass is 247 g/mol. The average molecular weight is 247 g/mol. The number of nitrogens with zero attached hydrogens (tertiary/aromatic N) is 1. The summed E-state index contributed by atoms with van der Waals surface area (Å²) in [5.41, 5.74) is 3.84. The number of anilines is 2. The van der Waals surface area contributed by atoms with Gasteiger partial charge in [0.05, 0.1) is 0 Å². The summed E-state index contributed by atoms with van der Waals surface area (Å²) in [6, 6.07) is 21.1. The van der Waals surface area contributed by atoms with Crippen LogP contribution in [-0.2, 0) is 0 Å². The molecule has 2 aromatic carbocycles. The van der Waals surface area contributed by atoms with Gasteiger partial charge in [-0.15, -0.1) is 0 Å². The van der Waals surface area contributed by atoms with E-state index in [2.05, 4.69) is 83.8 Å². The van der Waals surface area contributed by atoms with Gasteiger partial charge >= 0.3 is 0 Å². The summed E-state index contributed by atoms with van der Waals surface area (Å²) >= 11 is 0. The first-order chi connectivity index (χ1) is 9.43. The minimum atomic E-state index is 0.921. The second-order valence-electron chi connectivity index (χ2n) is 4.67. The molecule has 0 aliphatic heterocycles. The molecule has 0 unspecified atom stereocenters. The second kappa shape index (κ2) is 5.57. The normalized spacial score (nSPS) is 13.4. The van der Waals surface area contributed by atoms with Crippen molar-refractivity contribution in [1.82, 2.24) is 0 Å². The van der Waals surface area contributed by atoms with Crippen molar-refractivity contribution in [3.05, 3.63) is 84.5 Å². The third kappa shape index (κ3) is 2.76. The van der Waals surface area contributed by atoms with Crippen LogP contribution in [0, 0.1) is 0 Å². The van der Waals surface area contributed by atoms with Crippen LogP contribution in [0.4, 0.5) is 11.4 Å². The molecule has 0 saturated carbocycles. The highest BCUT2D eigenvalue weighted by molar-refractivity contribution is 5.64. The van der Waals surface area contributed by atoms with Crippen molar-refractivity contribution >= 4 is 11.4 Å². The van der Waals surface area contributed by atoms with Crippen LogP contribution in [0.3, 0.4) is 0 Å². The molecule has 0 heterocycles. The summed E-state index contributed by atoms with van der Waals surface area (Å²) in [4.78, 5) is 2.35. The molecule has 0 amide bonds. The molecule has 0 spiro atoms. The quantitative estimate of drug-likeness (QED) is 0.756. The summed E-state index contributed by atoms with van der Waals surface area (Å²) in [6.45, 7) is 0.921. The fourth-order valence-electron chi connectivity index (χ4n) is 2.35. The number of rotatable bonds is 4. The van der Waals surface area contributed by atoms with Crippen LogP contribution < -0.4 is 4.90 Å². The standard InChI is InChI=1S/C18H17N/c1-3-11-17(12-4-1)19(15-16-9-7-8-10-16)18-13-5-2-6-14-18/h1-7,9-14H,8,15H2. The van der Waals surface area contributed by atoms with Gasteiger partial charge in [-0.2, -0.15) is 0 Å². The van der Waals surface area contributed by atoms with Gasteiger partial charge < -0.3 is 4.90 Å². The first-order valence-corrected chi connectivity index (χ1v) is 6.67. The zero-order valence-electron chi connectivity index (χ0n) is 10.9. The fraction of sp³-hybridized carbons (Fsp3) is 0.111. The lowest BCUT2D eigenvalue weighted by molar-refractivity contribution is 1.06. The molecular formula is C18H17N. The minimum absolute atomic E-state index is 0.921. The summed E-state index contributed by atoms with van der Waals surface area (Å²) < 4.78 is 0. The van der Waals surface area contributed by atoms with Gasteiger partial charge in [-0.3, -0.25) is 0 Å². The molecule has 3 rings (SSSR count). The first-order valence-electron chi connectivity index (χ1n) is 6.67. The minimum Gasteiger partial charge on any atom is -0.337 e. The zero-order valence-corrected chi connectivity index (χ0v) is 10.9. The van der Waals surface area contributed by atoms with E-state index in [9.17, 15) is 0 Å². The molecule has 2 aromatic rings. The van der Waals surface area contributed by atoms with Gasteiger partial charge in [0.1, 0.15) is 0 Å². The van der Waals surface area contributed by atoms with Crippen LogP contribution in [0.5, 0.6) is 0 Å². The third-order valence-electron chi connectivity index (χ3n) is 3.32. The van der Waals surface area contributed by atoms with E-state index in [1.807, 2.05) is 0 Å². The summed E-state index contributed by atoms with van der Waals surface area (Å²) in [5, 5.41) is 0. The van der Waals surface area contributed by atoms with Crippen molar-refractivity contribution in [1.29, 1.82) is 0 Å². The Kier molecular flexibility index (Phi) is 3.46. The van der Waals surface area contributed by atoms with Gasteiger partial charge in [0.2, 0.25) is 0 Å². The van der Waals surface area contributed by atoms with E-state index in [-0.39, 0.29) is 0 Å². The average Bonchev–Trinajstić information content (AvgIpc) is 3.00. The van der Waals surface area contributed by atoms with Crippen molar-refractivity contribution in [2.75, 3.05) is 11.4 Å². The van der Waals surface area contributed by atoms with Gasteiger partial charge in [0, 0.05) is 17.9 Å². The van der Waals surface area contributed by atoms with Gasteiger partial charge in [0.15, 0.2) is 0 Å². The van der Waals surface area contributed by atoms with Crippen molar-refractivity contribution < 1.29 is 0 Å². The first kappa shape index (κ1) is 11.8. The predicted octanol–water partition coefficient (Wildman–Crippen LogP) is 4.71. The smallest absolute Gasteiger partial charge is 0.0478 e. The Labute approximate surface area is 114 Å². The molecule has 1 heteroatoms. The van der Waals surface area contributed by atoms with Crippen LogP contribution in [0.1, 0.15) is 6.42 Å². The Balaban J connectivity index is 1.94. The number of benzene rings is 2. The Morgan fingerprint density at radius 1 is 0.789 bits per heavy atom. The molecule has 1 nitrogen and oxygen atoms in total.